The van der Waals surface area contributed by atoms with E-state index in [0.717, 1.165) is 51.3 Å². The van der Waals surface area contributed by atoms with Gasteiger partial charge in [-0.05, 0) is 44.5 Å². The monoisotopic (exact) mass is 262 g/mol. The second-order valence-electron chi connectivity index (χ2n) is 5.69. The maximum Gasteiger partial charge on any atom is 0.213 e. The summed E-state index contributed by atoms with van der Waals surface area (Å²) in [5.74, 6) is 0.746. The SMILES string of the molecule is Cc1ccnc(OC2CCOC3(CCNCC3)C2)c1. The first-order valence-electron chi connectivity index (χ1n) is 7.20. The molecule has 19 heavy (non-hydrogen) atoms. The van der Waals surface area contributed by atoms with Crippen LogP contribution < -0.4 is 10.1 Å². The standard InChI is InChI=1S/C15H22N2O2/c1-12-2-6-17-14(10-12)19-13-3-9-18-15(11-13)4-7-16-8-5-15/h2,6,10,13,16H,3-5,7-9,11H2,1H3. The summed E-state index contributed by atoms with van der Waals surface area (Å²) in [5, 5.41) is 3.40. The number of ether oxygens (including phenoxy) is 2. The highest BCUT2D eigenvalue weighted by Crippen LogP contribution is 2.34. The summed E-state index contributed by atoms with van der Waals surface area (Å²) in [5.41, 5.74) is 1.23. The molecule has 4 heteroatoms. The number of piperidine rings is 1. The minimum Gasteiger partial charge on any atom is -0.474 e. The van der Waals surface area contributed by atoms with Crippen molar-refractivity contribution in [2.24, 2.45) is 0 Å². The molecule has 1 aromatic heterocycles. The van der Waals surface area contributed by atoms with Gasteiger partial charge in [0.25, 0.3) is 0 Å². The van der Waals surface area contributed by atoms with Crippen molar-refractivity contribution in [3.63, 3.8) is 0 Å². The van der Waals surface area contributed by atoms with Crippen molar-refractivity contribution < 1.29 is 9.47 Å². The fraction of sp³-hybridized carbons (Fsp3) is 0.667. The van der Waals surface area contributed by atoms with Crippen molar-refractivity contribution >= 4 is 0 Å². The number of pyridine rings is 1. The van der Waals surface area contributed by atoms with Crippen LogP contribution >= 0.6 is 0 Å². The van der Waals surface area contributed by atoms with Gasteiger partial charge in [0, 0.05) is 25.1 Å². The maximum atomic E-state index is 6.06. The van der Waals surface area contributed by atoms with E-state index in [-0.39, 0.29) is 11.7 Å². The zero-order valence-electron chi connectivity index (χ0n) is 11.5. The molecule has 2 fully saturated rings. The lowest BCUT2D eigenvalue weighted by Gasteiger charge is -2.43. The third-order valence-corrected chi connectivity index (χ3v) is 4.14. The maximum absolute atomic E-state index is 6.06. The van der Waals surface area contributed by atoms with Crippen molar-refractivity contribution in [1.82, 2.24) is 10.3 Å². The fourth-order valence-corrected chi connectivity index (χ4v) is 3.06. The van der Waals surface area contributed by atoms with Gasteiger partial charge < -0.3 is 14.8 Å². The van der Waals surface area contributed by atoms with Gasteiger partial charge in [-0.2, -0.15) is 0 Å². The Kier molecular flexibility index (Phi) is 3.71. The molecule has 4 nitrogen and oxygen atoms in total. The average Bonchev–Trinajstić information content (AvgIpc) is 2.40. The highest BCUT2D eigenvalue weighted by molar-refractivity contribution is 5.19. The molecule has 0 radical (unpaired) electrons. The molecule has 0 aromatic carbocycles. The minimum atomic E-state index is 0.0397. The molecule has 0 saturated carbocycles. The number of hydrogen-bond acceptors (Lipinski definition) is 4. The molecule has 0 aliphatic carbocycles. The third kappa shape index (κ3) is 3.07. The normalized spacial score (nSPS) is 26.3. The van der Waals surface area contributed by atoms with E-state index in [4.69, 9.17) is 9.47 Å². The summed E-state index contributed by atoms with van der Waals surface area (Å²) in [7, 11) is 0. The second-order valence-corrected chi connectivity index (χ2v) is 5.69. The van der Waals surface area contributed by atoms with E-state index < -0.39 is 0 Å². The molecule has 1 aromatic rings. The number of nitrogens with zero attached hydrogens (tertiary/aromatic N) is 1. The number of aryl methyl sites for hydroxylation is 1. The predicted octanol–water partition coefficient (Wildman–Crippen LogP) is 2.07. The third-order valence-electron chi connectivity index (χ3n) is 4.14. The Morgan fingerprint density at radius 3 is 3.05 bits per heavy atom. The van der Waals surface area contributed by atoms with Crippen LogP contribution in [0.15, 0.2) is 18.3 Å². The summed E-state index contributed by atoms with van der Waals surface area (Å²) in [4.78, 5) is 4.29. The first-order valence-corrected chi connectivity index (χ1v) is 7.20. The van der Waals surface area contributed by atoms with Gasteiger partial charge in [-0.1, -0.05) is 0 Å². The van der Waals surface area contributed by atoms with E-state index in [9.17, 15) is 0 Å². The Bertz CT molecular complexity index is 424. The zero-order valence-corrected chi connectivity index (χ0v) is 11.5. The Hall–Kier alpha value is -1.13. The lowest BCUT2D eigenvalue weighted by Crippen LogP contribution is -2.50. The molecule has 0 amide bonds. The topological polar surface area (TPSA) is 43.4 Å². The molecule has 1 atom stereocenters. The van der Waals surface area contributed by atoms with Crippen LogP contribution in [-0.2, 0) is 4.74 Å². The molecule has 1 N–H and O–H groups in total. The van der Waals surface area contributed by atoms with Gasteiger partial charge in [0.2, 0.25) is 5.88 Å². The molecule has 2 aliphatic rings. The summed E-state index contributed by atoms with van der Waals surface area (Å²) in [6.45, 7) is 4.97. The lowest BCUT2D eigenvalue weighted by atomic mass is 9.84. The number of aromatic nitrogens is 1. The first-order chi connectivity index (χ1) is 9.26. The van der Waals surface area contributed by atoms with Crippen LogP contribution in [0.5, 0.6) is 5.88 Å². The zero-order chi connectivity index (χ0) is 13.1. The summed E-state index contributed by atoms with van der Waals surface area (Å²) in [6.07, 6.45) is 6.18. The van der Waals surface area contributed by atoms with Crippen LogP contribution in [0.3, 0.4) is 0 Å². The Morgan fingerprint density at radius 1 is 1.42 bits per heavy atom. The highest BCUT2D eigenvalue weighted by atomic mass is 16.5. The Labute approximate surface area is 114 Å². The van der Waals surface area contributed by atoms with Crippen molar-refractivity contribution in [3.05, 3.63) is 23.9 Å². The molecule has 0 bridgehead atoms. The molecule has 1 unspecified atom stereocenters. The minimum absolute atomic E-state index is 0.0397. The molecule has 104 valence electrons. The fourth-order valence-electron chi connectivity index (χ4n) is 3.06. The quantitative estimate of drug-likeness (QED) is 0.886. The Morgan fingerprint density at radius 2 is 2.26 bits per heavy atom. The van der Waals surface area contributed by atoms with Crippen LogP contribution in [0.4, 0.5) is 0 Å². The van der Waals surface area contributed by atoms with Gasteiger partial charge in [0.05, 0.1) is 12.2 Å². The molecule has 2 saturated heterocycles. The van der Waals surface area contributed by atoms with Crippen molar-refractivity contribution in [2.75, 3.05) is 19.7 Å². The average molecular weight is 262 g/mol. The number of hydrogen-bond donors (Lipinski definition) is 1. The Balaban J connectivity index is 1.65. The van der Waals surface area contributed by atoms with E-state index in [0.29, 0.717) is 0 Å². The molecular formula is C15H22N2O2. The van der Waals surface area contributed by atoms with Crippen LogP contribution in [0.25, 0.3) is 0 Å². The molecule has 3 heterocycles. The summed E-state index contributed by atoms with van der Waals surface area (Å²) < 4.78 is 12.1. The summed E-state index contributed by atoms with van der Waals surface area (Å²) >= 11 is 0. The van der Waals surface area contributed by atoms with Crippen molar-refractivity contribution in [3.8, 4) is 5.88 Å². The summed E-state index contributed by atoms with van der Waals surface area (Å²) in [6, 6.07) is 4.00. The van der Waals surface area contributed by atoms with Crippen LogP contribution in [0.2, 0.25) is 0 Å². The molecular weight excluding hydrogens is 240 g/mol. The molecule has 2 aliphatic heterocycles. The van der Waals surface area contributed by atoms with Crippen LogP contribution in [0.1, 0.15) is 31.2 Å². The van der Waals surface area contributed by atoms with E-state index in [1.807, 2.05) is 18.3 Å². The molecule has 3 rings (SSSR count). The number of nitrogens with one attached hydrogen (secondary N) is 1. The van der Waals surface area contributed by atoms with Gasteiger partial charge >= 0.3 is 0 Å². The van der Waals surface area contributed by atoms with Crippen molar-refractivity contribution in [2.45, 2.75) is 44.3 Å². The van der Waals surface area contributed by atoms with E-state index in [2.05, 4.69) is 17.2 Å². The second kappa shape index (κ2) is 5.47. The highest BCUT2D eigenvalue weighted by Gasteiger charge is 2.39. The van der Waals surface area contributed by atoms with Gasteiger partial charge in [-0.15, -0.1) is 0 Å². The predicted molar refractivity (Wildman–Crippen MR) is 73.4 cm³/mol. The van der Waals surface area contributed by atoms with Gasteiger partial charge in [-0.3, -0.25) is 0 Å². The van der Waals surface area contributed by atoms with Crippen molar-refractivity contribution in [1.29, 1.82) is 0 Å². The molecule has 1 spiro atoms. The van der Waals surface area contributed by atoms with Gasteiger partial charge in [0.15, 0.2) is 0 Å². The van der Waals surface area contributed by atoms with E-state index in [1.54, 1.807) is 0 Å². The van der Waals surface area contributed by atoms with Gasteiger partial charge in [0.1, 0.15) is 6.10 Å². The van der Waals surface area contributed by atoms with Crippen LogP contribution in [-0.4, -0.2) is 36.4 Å². The van der Waals surface area contributed by atoms with Gasteiger partial charge in [-0.25, -0.2) is 4.98 Å². The van der Waals surface area contributed by atoms with Crippen LogP contribution in [0, 0.1) is 6.92 Å². The van der Waals surface area contributed by atoms with E-state index >= 15 is 0 Å². The smallest absolute Gasteiger partial charge is 0.213 e. The number of rotatable bonds is 2. The van der Waals surface area contributed by atoms with E-state index in [1.165, 1.54) is 5.56 Å². The lowest BCUT2D eigenvalue weighted by molar-refractivity contribution is -0.126. The largest absolute Gasteiger partial charge is 0.474 e. The first kappa shape index (κ1) is 12.9.